The zero-order valence-electron chi connectivity index (χ0n) is 10.1. The summed E-state index contributed by atoms with van der Waals surface area (Å²) in [5.41, 5.74) is 5.12. The predicted octanol–water partition coefficient (Wildman–Crippen LogP) is 2.67. The standard InChI is InChI=1S/C14H11N5/c1-2-9-4-5-11(6-10(9)3-1)19-14-12-13(16-7-15-12)17-8-18-14/h1,3-8H,2H2,(H2,15,16,17,18,19). The quantitative estimate of drug-likeness (QED) is 0.732. The molecule has 0 unspecified atom stereocenters. The number of aromatic amines is 1. The van der Waals surface area contributed by atoms with Crippen LogP contribution in [-0.4, -0.2) is 19.9 Å². The van der Waals surface area contributed by atoms with Crippen molar-refractivity contribution in [1.29, 1.82) is 0 Å². The van der Waals surface area contributed by atoms with Crippen molar-refractivity contribution in [3.8, 4) is 0 Å². The van der Waals surface area contributed by atoms with Crippen LogP contribution in [0.1, 0.15) is 11.1 Å². The number of hydrogen-bond donors (Lipinski definition) is 2. The van der Waals surface area contributed by atoms with Crippen molar-refractivity contribution in [1.82, 2.24) is 19.9 Å². The Morgan fingerprint density at radius 3 is 3.16 bits per heavy atom. The molecule has 0 saturated heterocycles. The molecular formula is C14H11N5. The Kier molecular flexibility index (Phi) is 2.11. The summed E-state index contributed by atoms with van der Waals surface area (Å²) in [6, 6.07) is 6.34. The summed E-state index contributed by atoms with van der Waals surface area (Å²) in [7, 11) is 0. The number of imidazole rings is 1. The highest BCUT2D eigenvalue weighted by molar-refractivity contribution is 5.84. The monoisotopic (exact) mass is 249 g/mol. The third-order valence-electron chi connectivity index (χ3n) is 3.27. The maximum atomic E-state index is 4.26. The number of rotatable bonds is 2. The van der Waals surface area contributed by atoms with Crippen molar-refractivity contribution >= 4 is 28.7 Å². The van der Waals surface area contributed by atoms with Crippen LogP contribution in [0.5, 0.6) is 0 Å². The molecule has 0 aliphatic heterocycles. The molecule has 1 aliphatic rings. The van der Waals surface area contributed by atoms with E-state index in [1.54, 1.807) is 6.33 Å². The van der Waals surface area contributed by atoms with Crippen molar-refractivity contribution in [3.63, 3.8) is 0 Å². The van der Waals surface area contributed by atoms with E-state index in [0.29, 0.717) is 5.65 Å². The second-order valence-corrected chi connectivity index (χ2v) is 4.47. The lowest BCUT2D eigenvalue weighted by Gasteiger charge is -2.07. The average Bonchev–Trinajstić information content (AvgIpc) is 3.06. The first-order valence-electron chi connectivity index (χ1n) is 6.11. The third kappa shape index (κ3) is 1.67. The van der Waals surface area contributed by atoms with Gasteiger partial charge in [-0.3, -0.25) is 0 Å². The summed E-state index contributed by atoms with van der Waals surface area (Å²) < 4.78 is 0. The molecule has 3 aromatic rings. The minimum atomic E-state index is 0.665. The van der Waals surface area contributed by atoms with E-state index >= 15 is 0 Å². The van der Waals surface area contributed by atoms with Gasteiger partial charge in [0.05, 0.1) is 6.33 Å². The molecule has 4 rings (SSSR count). The van der Waals surface area contributed by atoms with Gasteiger partial charge in [0, 0.05) is 5.69 Å². The van der Waals surface area contributed by atoms with Crippen molar-refractivity contribution < 1.29 is 0 Å². The van der Waals surface area contributed by atoms with Crippen LogP contribution in [0.15, 0.2) is 36.9 Å². The van der Waals surface area contributed by atoms with Crippen LogP contribution < -0.4 is 5.32 Å². The average molecular weight is 249 g/mol. The number of anilines is 2. The van der Waals surface area contributed by atoms with E-state index in [4.69, 9.17) is 0 Å². The van der Waals surface area contributed by atoms with E-state index in [1.165, 1.54) is 17.5 Å². The minimum Gasteiger partial charge on any atom is -0.340 e. The number of nitrogens with zero attached hydrogens (tertiary/aromatic N) is 3. The molecule has 0 amide bonds. The maximum absolute atomic E-state index is 4.26. The molecule has 0 spiro atoms. The zero-order valence-corrected chi connectivity index (χ0v) is 10.1. The Bertz CT molecular complexity index is 787. The van der Waals surface area contributed by atoms with Crippen LogP contribution in [0.4, 0.5) is 11.5 Å². The molecule has 1 aliphatic carbocycles. The third-order valence-corrected chi connectivity index (χ3v) is 3.27. The van der Waals surface area contributed by atoms with E-state index in [-0.39, 0.29) is 0 Å². The van der Waals surface area contributed by atoms with Crippen molar-refractivity contribution in [2.75, 3.05) is 5.32 Å². The number of aromatic nitrogens is 4. The Hall–Kier alpha value is -2.69. The van der Waals surface area contributed by atoms with Crippen molar-refractivity contribution in [3.05, 3.63) is 48.1 Å². The topological polar surface area (TPSA) is 66.5 Å². The number of benzene rings is 1. The van der Waals surface area contributed by atoms with Gasteiger partial charge >= 0.3 is 0 Å². The fourth-order valence-corrected chi connectivity index (χ4v) is 2.32. The van der Waals surface area contributed by atoms with E-state index in [2.05, 4.69) is 55.6 Å². The molecule has 5 heteroatoms. The molecule has 2 aromatic heterocycles. The molecule has 0 fully saturated rings. The number of allylic oxidation sites excluding steroid dienone is 1. The van der Waals surface area contributed by atoms with Crippen LogP contribution >= 0.6 is 0 Å². The summed E-state index contributed by atoms with van der Waals surface area (Å²) in [5.74, 6) is 0.740. The zero-order chi connectivity index (χ0) is 12.7. The van der Waals surface area contributed by atoms with Gasteiger partial charge in [0.1, 0.15) is 11.8 Å². The first-order valence-corrected chi connectivity index (χ1v) is 6.11. The number of nitrogens with one attached hydrogen (secondary N) is 2. The molecule has 5 nitrogen and oxygen atoms in total. The molecule has 92 valence electrons. The Balaban J connectivity index is 1.75. The SMILES string of the molecule is C1=Cc2cc(Nc3ncnc4nc[nH]c34)ccc2C1. The second kappa shape index (κ2) is 3.91. The summed E-state index contributed by atoms with van der Waals surface area (Å²) in [6.07, 6.45) is 8.47. The summed E-state index contributed by atoms with van der Waals surface area (Å²) in [6.45, 7) is 0. The highest BCUT2D eigenvalue weighted by Gasteiger charge is 2.08. The van der Waals surface area contributed by atoms with Crippen LogP contribution in [0.3, 0.4) is 0 Å². The van der Waals surface area contributed by atoms with Crippen LogP contribution in [0.2, 0.25) is 0 Å². The van der Waals surface area contributed by atoms with Gasteiger partial charge in [0.2, 0.25) is 0 Å². The van der Waals surface area contributed by atoms with Crippen LogP contribution in [-0.2, 0) is 6.42 Å². The fourth-order valence-electron chi connectivity index (χ4n) is 2.32. The number of fused-ring (bicyclic) bond motifs is 2. The maximum Gasteiger partial charge on any atom is 0.182 e. The van der Waals surface area contributed by atoms with Gasteiger partial charge < -0.3 is 10.3 Å². The summed E-state index contributed by atoms with van der Waals surface area (Å²) >= 11 is 0. The first kappa shape index (κ1) is 10.3. The van der Waals surface area contributed by atoms with Gasteiger partial charge in [-0.15, -0.1) is 0 Å². The molecular weight excluding hydrogens is 238 g/mol. The minimum absolute atomic E-state index is 0.665. The van der Waals surface area contributed by atoms with Gasteiger partial charge in [-0.2, -0.15) is 0 Å². The fraction of sp³-hybridized carbons (Fsp3) is 0.0714. The highest BCUT2D eigenvalue weighted by Crippen LogP contribution is 2.26. The lowest BCUT2D eigenvalue weighted by atomic mass is 10.1. The summed E-state index contributed by atoms with van der Waals surface area (Å²) in [4.78, 5) is 15.5. The normalized spacial score (nSPS) is 12.8. The molecule has 0 radical (unpaired) electrons. The lowest BCUT2D eigenvalue weighted by Crippen LogP contribution is -1.96. The van der Waals surface area contributed by atoms with E-state index in [0.717, 1.165) is 23.4 Å². The van der Waals surface area contributed by atoms with Gasteiger partial charge in [0.25, 0.3) is 0 Å². The van der Waals surface area contributed by atoms with Crippen LogP contribution in [0.25, 0.3) is 17.2 Å². The predicted molar refractivity (Wildman–Crippen MR) is 74.1 cm³/mol. The Labute approximate surface area is 109 Å². The molecule has 19 heavy (non-hydrogen) atoms. The largest absolute Gasteiger partial charge is 0.340 e. The molecule has 0 saturated carbocycles. The molecule has 1 aromatic carbocycles. The van der Waals surface area contributed by atoms with E-state index in [1.807, 2.05) is 0 Å². The van der Waals surface area contributed by atoms with E-state index in [9.17, 15) is 0 Å². The molecule has 0 atom stereocenters. The smallest absolute Gasteiger partial charge is 0.182 e. The number of H-pyrrole nitrogens is 1. The molecule has 2 heterocycles. The van der Waals surface area contributed by atoms with Crippen molar-refractivity contribution in [2.24, 2.45) is 0 Å². The second-order valence-electron chi connectivity index (χ2n) is 4.47. The Morgan fingerprint density at radius 2 is 2.16 bits per heavy atom. The molecule has 0 bridgehead atoms. The first-order chi connectivity index (χ1) is 9.40. The highest BCUT2D eigenvalue weighted by atomic mass is 15.1. The van der Waals surface area contributed by atoms with Gasteiger partial charge in [0.15, 0.2) is 11.5 Å². The molecule has 2 N–H and O–H groups in total. The summed E-state index contributed by atoms with van der Waals surface area (Å²) in [5, 5.41) is 3.31. The van der Waals surface area contributed by atoms with Gasteiger partial charge in [-0.05, 0) is 29.7 Å². The number of hydrogen-bond acceptors (Lipinski definition) is 4. The lowest BCUT2D eigenvalue weighted by molar-refractivity contribution is 1.20. The van der Waals surface area contributed by atoms with Crippen LogP contribution in [0, 0.1) is 0 Å². The van der Waals surface area contributed by atoms with Crippen molar-refractivity contribution in [2.45, 2.75) is 6.42 Å². The Morgan fingerprint density at radius 1 is 1.16 bits per heavy atom. The van der Waals surface area contributed by atoms with Gasteiger partial charge in [-0.25, -0.2) is 15.0 Å². The van der Waals surface area contributed by atoms with Gasteiger partial charge in [-0.1, -0.05) is 18.2 Å². The van der Waals surface area contributed by atoms with E-state index < -0.39 is 0 Å².